The van der Waals surface area contributed by atoms with Crippen LogP contribution in [0, 0.1) is 0 Å². The molecule has 0 aliphatic carbocycles. The number of carbonyl (C=O) groups excluding carboxylic acids is 1. The van der Waals surface area contributed by atoms with Gasteiger partial charge in [-0.15, -0.1) is 0 Å². The Bertz CT molecular complexity index is 208. The van der Waals surface area contributed by atoms with Crippen molar-refractivity contribution < 1.29 is 9.53 Å². The average molecular weight is 153 g/mol. The third-order valence-electron chi connectivity index (χ3n) is 1.47. The van der Waals surface area contributed by atoms with Gasteiger partial charge in [-0.05, 0) is 13.0 Å². The third-order valence-corrected chi connectivity index (χ3v) is 1.47. The molecule has 0 unspecified atom stereocenters. The highest BCUT2D eigenvalue weighted by Crippen LogP contribution is 2.07. The minimum Gasteiger partial charge on any atom is -0.453 e. The van der Waals surface area contributed by atoms with Crippen LogP contribution >= 0.6 is 0 Å². The van der Waals surface area contributed by atoms with Crippen molar-refractivity contribution in [2.24, 2.45) is 5.73 Å². The summed E-state index contributed by atoms with van der Waals surface area (Å²) in [6, 6.07) is -0.205. The van der Waals surface area contributed by atoms with Gasteiger partial charge >= 0.3 is 5.97 Å². The van der Waals surface area contributed by atoms with Gasteiger partial charge in [0, 0.05) is 6.08 Å². The summed E-state index contributed by atoms with van der Waals surface area (Å²) in [5, 5.41) is 0. The van der Waals surface area contributed by atoms with Crippen LogP contribution in [0.4, 0.5) is 0 Å². The maximum absolute atomic E-state index is 10.7. The fraction of sp³-hybridized carbons (Fsp3) is 0.375. The SMILES string of the molecule is C/C=C/[C@@H]1OC(=O)C=C[C@@H]1N. The maximum Gasteiger partial charge on any atom is 0.331 e. The zero-order valence-electron chi connectivity index (χ0n) is 6.36. The quantitative estimate of drug-likeness (QED) is 0.437. The summed E-state index contributed by atoms with van der Waals surface area (Å²) < 4.78 is 4.90. The Kier molecular flexibility index (Phi) is 2.44. The first-order chi connectivity index (χ1) is 5.24. The molecule has 60 valence electrons. The second kappa shape index (κ2) is 3.34. The molecule has 0 aromatic heterocycles. The second-order valence-electron chi connectivity index (χ2n) is 2.36. The molecule has 0 aromatic rings. The molecule has 2 N–H and O–H groups in total. The lowest BCUT2D eigenvalue weighted by molar-refractivity contribution is -0.142. The molecule has 11 heavy (non-hydrogen) atoms. The standard InChI is InChI=1S/C8H11NO2/c1-2-3-7-6(9)4-5-8(10)11-7/h2-7H,9H2,1H3/b3-2+/t6-,7-/m0/s1. The van der Waals surface area contributed by atoms with Gasteiger partial charge in [-0.2, -0.15) is 0 Å². The summed E-state index contributed by atoms with van der Waals surface area (Å²) in [4.78, 5) is 10.7. The van der Waals surface area contributed by atoms with Crippen molar-refractivity contribution in [1.82, 2.24) is 0 Å². The molecule has 1 aliphatic heterocycles. The molecule has 0 saturated heterocycles. The van der Waals surface area contributed by atoms with Crippen molar-refractivity contribution >= 4 is 5.97 Å². The minimum absolute atomic E-state index is 0.205. The monoisotopic (exact) mass is 153 g/mol. The molecule has 0 radical (unpaired) electrons. The molecular formula is C8H11NO2. The number of hydrogen-bond donors (Lipinski definition) is 1. The molecule has 0 spiro atoms. The van der Waals surface area contributed by atoms with Crippen molar-refractivity contribution in [1.29, 1.82) is 0 Å². The number of hydrogen-bond acceptors (Lipinski definition) is 3. The van der Waals surface area contributed by atoms with Gasteiger partial charge in [0.2, 0.25) is 0 Å². The number of rotatable bonds is 1. The van der Waals surface area contributed by atoms with E-state index in [2.05, 4.69) is 0 Å². The maximum atomic E-state index is 10.7. The second-order valence-corrected chi connectivity index (χ2v) is 2.36. The Morgan fingerprint density at radius 1 is 1.73 bits per heavy atom. The number of ether oxygens (including phenoxy) is 1. The topological polar surface area (TPSA) is 52.3 Å². The Labute approximate surface area is 65.5 Å². The third kappa shape index (κ3) is 1.91. The molecular weight excluding hydrogens is 142 g/mol. The lowest BCUT2D eigenvalue weighted by Crippen LogP contribution is -2.37. The zero-order valence-corrected chi connectivity index (χ0v) is 6.36. The summed E-state index contributed by atoms with van der Waals surface area (Å²) in [6.07, 6.45) is 6.29. The summed E-state index contributed by atoms with van der Waals surface area (Å²) in [5.41, 5.74) is 5.61. The van der Waals surface area contributed by atoms with Crippen LogP contribution < -0.4 is 5.73 Å². The van der Waals surface area contributed by atoms with Gasteiger partial charge in [-0.1, -0.05) is 12.2 Å². The lowest BCUT2D eigenvalue weighted by atomic mass is 10.1. The minimum atomic E-state index is -0.324. The highest BCUT2D eigenvalue weighted by molar-refractivity contribution is 5.83. The highest BCUT2D eigenvalue weighted by Gasteiger charge is 2.20. The van der Waals surface area contributed by atoms with E-state index in [-0.39, 0.29) is 18.1 Å². The van der Waals surface area contributed by atoms with Crippen LogP contribution in [0.2, 0.25) is 0 Å². The number of cyclic esters (lactones) is 1. The van der Waals surface area contributed by atoms with Crippen molar-refractivity contribution in [2.45, 2.75) is 19.1 Å². The van der Waals surface area contributed by atoms with Gasteiger partial charge in [0.25, 0.3) is 0 Å². The van der Waals surface area contributed by atoms with Crippen LogP contribution in [0.25, 0.3) is 0 Å². The molecule has 0 aromatic carbocycles. The number of allylic oxidation sites excluding steroid dienone is 1. The van der Waals surface area contributed by atoms with Gasteiger partial charge < -0.3 is 10.5 Å². The van der Waals surface area contributed by atoms with Crippen LogP contribution in [0.5, 0.6) is 0 Å². The van der Waals surface area contributed by atoms with E-state index >= 15 is 0 Å². The number of esters is 1. The zero-order chi connectivity index (χ0) is 8.27. The highest BCUT2D eigenvalue weighted by atomic mass is 16.5. The van der Waals surface area contributed by atoms with E-state index in [1.165, 1.54) is 6.08 Å². The first-order valence-corrected chi connectivity index (χ1v) is 3.51. The first kappa shape index (κ1) is 8.01. The van der Waals surface area contributed by atoms with E-state index in [9.17, 15) is 4.79 Å². The van der Waals surface area contributed by atoms with E-state index in [1.807, 2.05) is 13.0 Å². The van der Waals surface area contributed by atoms with Crippen LogP contribution in [-0.4, -0.2) is 18.1 Å². The van der Waals surface area contributed by atoms with Gasteiger partial charge in [-0.3, -0.25) is 0 Å². The normalized spacial score (nSPS) is 30.9. The largest absolute Gasteiger partial charge is 0.453 e. The summed E-state index contributed by atoms with van der Waals surface area (Å²) in [5.74, 6) is -0.324. The first-order valence-electron chi connectivity index (χ1n) is 3.51. The predicted molar refractivity (Wildman–Crippen MR) is 41.8 cm³/mol. The van der Waals surface area contributed by atoms with E-state index in [0.29, 0.717) is 0 Å². The summed E-state index contributed by atoms with van der Waals surface area (Å²) in [6.45, 7) is 1.86. The average Bonchev–Trinajstić information content (AvgIpc) is 1.98. The Morgan fingerprint density at radius 3 is 3.09 bits per heavy atom. The lowest BCUT2D eigenvalue weighted by Gasteiger charge is -2.21. The van der Waals surface area contributed by atoms with Gasteiger partial charge in [0.1, 0.15) is 6.10 Å². The van der Waals surface area contributed by atoms with Crippen LogP contribution in [0.1, 0.15) is 6.92 Å². The molecule has 3 heteroatoms. The Morgan fingerprint density at radius 2 is 2.45 bits per heavy atom. The van der Waals surface area contributed by atoms with Crippen LogP contribution in [-0.2, 0) is 9.53 Å². The van der Waals surface area contributed by atoms with Crippen LogP contribution in [0.3, 0.4) is 0 Å². The molecule has 0 amide bonds. The fourth-order valence-corrected chi connectivity index (χ4v) is 0.908. The van der Waals surface area contributed by atoms with Crippen molar-refractivity contribution in [3.63, 3.8) is 0 Å². The Balaban J connectivity index is 2.67. The number of carbonyl (C=O) groups is 1. The van der Waals surface area contributed by atoms with E-state index in [0.717, 1.165) is 0 Å². The molecule has 0 saturated carbocycles. The van der Waals surface area contributed by atoms with Gasteiger partial charge in [0.15, 0.2) is 0 Å². The summed E-state index contributed by atoms with van der Waals surface area (Å²) in [7, 11) is 0. The summed E-state index contributed by atoms with van der Waals surface area (Å²) >= 11 is 0. The van der Waals surface area contributed by atoms with E-state index < -0.39 is 0 Å². The van der Waals surface area contributed by atoms with Crippen molar-refractivity contribution in [3.8, 4) is 0 Å². The van der Waals surface area contributed by atoms with Gasteiger partial charge in [0.05, 0.1) is 6.04 Å². The molecule has 1 heterocycles. The Hall–Kier alpha value is -1.09. The molecule has 1 rings (SSSR count). The smallest absolute Gasteiger partial charge is 0.331 e. The molecule has 1 aliphatic rings. The predicted octanol–water partition coefficient (Wildman–Crippen LogP) is 0.371. The molecule has 0 bridgehead atoms. The van der Waals surface area contributed by atoms with E-state index in [1.54, 1.807) is 12.2 Å². The van der Waals surface area contributed by atoms with E-state index in [4.69, 9.17) is 10.5 Å². The van der Waals surface area contributed by atoms with Crippen molar-refractivity contribution in [3.05, 3.63) is 24.3 Å². The van der Waals surface area contributed by atoms with Gasteiger partial charge in [-0.25, -0.2) is 4.79 Å². The fourth-order valence-electron chi connectivity index (χ4n) is 0.908. The number of nitrogens with two attached hydrogens (primary N) is 1. The van der Waals surface area contributed by atoms with Crippen molar-refractivity contribution in [2.75, 3.05) is 0 Å². The van der Waals surface area contributed by atoms with Crippen LogP contribution in [0.15, 0.2) is 24.3 Å². The molecule has 0 fully saturated rings. The molecule has 3 nitrogen and oxygen atoms in total. The molecule has 2 atom stereocenters.